The first kappa shape index (κ1) is 19.6. The Labute approximate surface area is 170 Å². The molecule has 1 aromatic heterocycles. The van der Waals surface area contributed by atoms with E-state index in [9.17, 15) is 18.8 Å². The maximum Gasteiger partial charge on any atom is 0.269 e. The lowest BCUT2D eigenvalue weighted by Crippen LogP contribution is -2.36. The summed E-state index contributed by atoms with van der Waals surface area (Å²) in [6, 6.07) is 13.0. The van der Waals surface area contributed by atoms with Crippen LogP contribution in [0.1, 0.15) is 10.4 Å². The van der Waals surface area contributed by atoms with Gasteiger partial charge in [-0.05, 0) is 36.4 Å². The van der Waals surface area contributed by atoms with E-state index in [1.807, 2.05) is 4.90 Å². The Morgan fingerprint density at radius 2 is 1.83 bits per heavy atom. The van der Waals surface area contributed by atoms with Gasteiger partial charge in [0.05, 0.1) is 24.6 Å². The number of aromatic amines is 1. The first-order valence-electron chi connectivity index (χ1n) is 9.38. The number of rotatable bonds is 4. The Bertz CT molecular complexity index is 1200. The smallest absolute Gasteiger partial charge is 0.269 e. The SMILES string of the molecule is O=C(Nc1ccc(N2CCOCC2)c(F)c1)c1cccc(-n2[nH]c(=O)ccc2=O)c1. The molecule has 3 aromatic rings. The molecule has 1 saturated heterocycles. The number of H-pyrrole nitrogens is 1. The van der Waals surface area contributed by atoms with Crippen LogP contribution in [0.15, 0.2) is 64.2 Å². The van der Waals surface area contributed by atoms with Crippen LogP contribution < -0.4 is 21.3 Å². The largest absolute Gasteiger partial charge is 0.378 e. The average molecular weight is 410 g/mol. The molecule has 30 heavy (non-hydrogen) atoms. The highest BCUT2D eigenvalue weighted by Gasteiger charge is 2.16. The van der Waals surface area contributed by atoms with Crippen LogP contribution in [0.25, 0.3) is 5.69 Å². The lowest BCUT2D eigenvalue weighted by atomic mass is 10.1. The van der Waals surface area contributed by atoms with Gasteiger partial charge in [0.1, 0.15) is 5.82 Å². The number of hydrogen-bond acceptors (Lipinski definition) is 5. The van der Waals surface area contributed by atoms with Crippen LogP contribution >= 0.6 is 0 Å². The summed E-state index contributed by atoms with van der Waals surface area (Å²) < 4.78 is 20.9. The van der Waals surface area contributed by atoms with Crippen molar-refractivity contribution >= 4 is 17.3 Å². The highest BCUT2D eigenvalue weighted by Crippen LogP contribution is 2.24. The van der Waals surface area contributed by atoms with Crippen molar-refractivity contribution in [3.05, 3.63) is 86.7 Å². The molecular weight excluding hydrogens is 391 g/mol. The van der Waals surface area contributed by atoms with Gasteiger partial charge >= 0.3 is 0 Å². The lowest BCUT2D eigenvalue weighted by Gasteiger charge is -2.29. The zero-order valence-electron chi connectivity index (χ0n) is 15.9. The third kappa shape index (κ3) is 4.15. The molecule has 1 aliphatic rings. The minimum Gasteiger partial charge on any atom is -0.378 e. The quantitative estimate of drug-likeness (QED) is 0.683. The zero-order valence-corrected chi connectivity index (χ0v) is 15.9. The van der Waals surface area contributed by atoms with E-state index in [1.165, 1.54) is 12.1 Å². The predicted octanol–water partition coefficient (Wildman–Crippen LogP) is 1.75. The molecule has 1 aliphatic heterocycles. The Balaban J connectivity index is 1.54. The molecule has 0 aliphatic carbocycles. The maximum atomic E-state index is 14.5. The lowest BCUT2D eigenvalue weighted by molar-refractivity contribution is 0.102. The van der Waals surface area contributed by atoms with Gasteiger partial charge in [0, 0.05) is 36.5 Å². The van der Waals surface area contributed by atoms with Gasteiger partial charge < -0.3 is 15.0 Å². The molecule has 0 radical (unpaired) electrons. The highest BCUT2D eigenvalue weighted by molar-refractivity contribution is 6.04. The second-order valence-corrected chi connectivity index (χ2v) is 6.75. The minimum absolute atomic E-state index is 0.252. The van der Waals surface area contributed by atoms with E-state index in [4.69, 9.17) is 4.74 Å². The summed E-state index contributed by atoms with van der Waals surface area (Å²) >= 11 is 0. The molecule has 4 rings (SSSR count). The molecule has 1 amide bonds. The molecule has 9 heteroatoms. The van der Waals surface area contributed by atoms with Crippen molar-refractivity contribution < 1.29 is 13.9 Å². The van der Waals surface area contributed by atoms with Crippen LogP contribution in [0.4, 0.5) is 15.8 Å². The summed E-state index contributed by atoms with van der Waals surface area (Å²) in [5.74, 6) is -0.904. The van der Waals surface area contributed by atoms with E-state index in [0.29, 0.717) is 43.4 Å². The van der Waals surface area contributed by atoms with Crippen LogP contribution in [0, 0.1) is 5.82 Å². The molecule has 0 bridgehead atoms. The first-order chi connectivity index (χ1) is 14.5. The van der Waals surface area contributed by atoms with E-state index in [1.54, 1.807) is 30.3 Å². The van der Waals surface area contributed by atoms with E-state index >= 15 is 0 Å². The number of carbonyl (C=O) groups is 1. The Morgan fingerprint density at radius 1 is 1.03 bits per heavy atom. The van der Waals surface area contributed by atoms with Crippen molar-refractivity contribution in [1.82, 2.24) is 9.78 Å². The van der Waals surface area contributed by atoms with E-state index in [0.717, 1.165) is 16.8 Å². The summed E-state index contributed by atoms with van der Waals surface area (Å²) in [6.45, 7) is 2.31. The van der Waals surface area contributed by atoms with Gasteiger partial charge in [-0.3, -0.25) is 19.5 Å². The van der Waals surface area contributed by atoms with Crippen LogP contribution in [-0.2, 0) is 4.74 Å². The number of benzene rings is 2. The Kier molecular flexibility index (Phi) is 5.44. The molecule has 0 spiro atoms. The number of anilines is 2. The van der Waals surface area contributed by atoms with E-state index in [2.05, 4.69) is 10.4 Å². The molecular formula is C21H19FN4O4. The van der Waals surface area contributed by atoms with Gasteiger partial charge in [-0.15, -0.1) is 0 Å². The third-order valence-corrected chi connectivity index (χ3v) is 4.74. The fraction of sp³-hybridized carbons (Fsp3) is 0.190. The zero-order chi connectivity index (χ0) is 21.1. The number of morpholine rings is 1. The summed E-state index contributed by atoms with van der Waals surface area (Å²) in [6.07, 6.45) is 0. The van der Waals surface area contributed by atoms with Gasteiger partial charge in [-0.1, -0.05) is 6.07 Å². The van der Waals surface area contributed by atoms with Crippen molar-refractivity contribution in [3.8, 4) is 5.69 Å². The van der Waals surface area contributed by atoms with E-state index in [-0.39, 0.29) is 5.56 Å². The van der Waals surface area contributed by atoms with E-state index < -0.39 is 22.8 Å². The minimum atomic E-state index is -0.471. The molecule has 2 N–H and O–H groups in total. The normalized spacial score (nSPS) is 13.8. The number of nitrogens with zero attached hydrogens (tertiary/aromatic N) is 2. The van der Waals surface area contributed by atoms with Gasteiger partial charge in [-0.2, -0.15) is 0 Å². The molecule has 1 fully saturated rings. The van der Waals surface area contributed by atoms with Gasteiger partial charge in [-0.25, -0.2) is 9.07 Å². The van der Waals surface area contributed by atoms with Crippen LogP contribution in [0.5, 0.6) is 0 Å². The van der Waals surface area contributed by atoms with Crippen molar-refractivity contribution in [3.63, 3.8) is 0 Å². The highest BCUT2D eigenvalue weighted by atomic mass is 19.1. The standard InChI is InChI=1S/C21H19FN4O4/c22-17-13-15(4-5-18(17)25-8-10-30-11-9-25)23-21(29)14-2-1-3-16(12-14)26-20(28)7-6-19(27)24-26/h1-7,12-13H,8-11H2,(H,23,29)(H,24,27). The third-order valence-electron chi connectivity index (χ3n) is 4.74. The van der Waals surface area contributed by atoms with Crippen molar-refractivity contribution in [2.45, 2.75) is 0 Å². The molecule has 0 unspecified atom stereocenters. The first-order valence-corrected chi connectivity index (χ1v) is 9.38. The van der Waals surface area contributed by atoms with Gasteiger partial charge in [0.15, 0.2) is 0 Å². The monoisotopic (exact) mass is 410 g/mol. The summed E-state index contributed by atoms with van der Waals surface area (Å²) in [4.78, 5) is 38.0. The molecule has 2 aromatic carbocycles. The summed E-state index contributed by atoms with van der Waals surface area (Å²) in [7, 11) is 0. The average Bonchev–Trinajstić information content (AvgIpc) is 2.76. The fourth-order valence-corrected chi connectivity index (χ4v) is 3.25. The molecule has 2 heterocycles. The number of carbonyl (C=O) groups excluding carboxylic acids is 1. The van der Waals surface area contributed by atoms with Gasteiger partial charge in [0.25, 0.3) is 17.0 Å². The fourth-order valence-electron chi connectivity index (χ4n) is 3.25. The maximum absolute atomic E-state index is 14.5. The Hall–Kier alpha value is -3.72. The molecule has 8 nitrogen and oxygen atoms in total. The second-order valence-electron chi connectivity index (χ2n) is 6.75. The number of nitrogens with one attached hydrogen (secondary N) is 2. The number of halogens is 1. The number of aromatic nitrogens is 2. The van der Waals surface area contributed by atoms with Crippen molar-refractivity contribution in [2.75, 3.05) is 36.5 Å². The summed E-state index contributed by atoms with van der Waals surface area (Å²) in [5.41, 5.74) is 0.477. The van der Waals surface area contributed by atoms with Crippen LogP contribution in [0.2, 0.25) is 0 Å². The predicted molar refractivity (Wildman–Crippen MR) is 110 cm³/mol. The summed E-state index contributed by atoms with van der Waals surface area (Å²) in [5, 5.41) is 5.06. The molecule has 154 valence electrons. The number of amides is 1. The Morgan fingerprint density at radius 3 is 2.60 bits per heavy atom. The topological polar surface area (TPSA) is 96.4 Å². The van der Waals surface area contributed by atoms with Crippen molar-refractivity contribution in [2.24, 2.45) is 0 Å². The molecule has 0 saturated carbocycles. The second kappa shape index (κ2) is 8.34. The number of ether oxygens (including phenoxy) is 1. The molecule has 0 atom stereocenters. The van der Waals surface area contributed by atoms with Crippen LogP contribution in [0.3, 0.4) is 0 Å². The van der Waals surface area contributed by atoms with Crippen molar-refractivity contribution in [1.29, 1.82) is 0 Å². The van der Waals surface area contributed by atoms with Crippen LogP contribution in [-0.4, -0.2) is 42.0 Å². The van der Waals surface area contributed by atoms with Gasteiger partial charge in [0.2, 0.25) is 0 Å². The number of hydrogen-bond donors (Lipinski definition) is 2.